The molecule has 1 heterocycles. The first-order valence-electron chi connectivity index (χ1n) is 6.87. The molecule has 20 heavy (non-hydrogen) atoms. The van der Waals surface area contributed by atoms with Gasteiger partial charge in [-0.2, -0.15) is 0 Å². The number of benzene rings is 2. The fourth-order valence-corrected chi connectivity index (χ4v) is 2.77. The zero-order chi connectivity index (χ0) is 13.9. The molecule has 1 unspecified atom stereocenters. The topological polar surface area (TPSA) is 12.5 Å². The molecule has 2 aromatic carbocycles. The van der Waals surface area contributed by atoms with Gasteiger partial charge in [0.05, 0.1) is 6.10 Å². The first-order chi connectivity index (χ1) is 9.72. The van der Waals surface area contributed by atoms with Crippen LogP contribution < -0.4 is 0 Å². The van der Waals surface area contributed by atoms with Crippen molar-refractivity contribution in [1.82, 2.24) is 4.90 Å². The third-order valence-corrected chi connectivity index (χ3v) is 3.85. The molecule has 1 saturated heterocycles. The van der Waals surface area contributed by atoms with Crippen LogP contribution >= 0.6 is 11.6 Å². The SMILES string of the molecule is CN1CC(OC(c2ccccc2)c2cccc(Cl)c2)C1. The second-order valence-corrected chi connectivity index (χ2v) is 5.76. The summed E-state index contributed by atoms with van der Waals surface area (Å²) in [6.07, 6.45) is 0.248. The predicted molar refractivity (Wildman–Crippen MR) is 82.1 cm³/mol. The van der Waals surface area contributed by atoms with Crippen LogP contribution in [0.1, 0.15) is 17.2 Å². The van der Waals surface area contributed by atoms with E-state index in [1.165, 1.54) is 5.56 Å². The molecular weight excluding hydrogens is 270 g/mol. The van der Waals surface area contributed by atoms with Gasteiger partial charge in [-0.1, -0.05) is 54.1 Å². The maximum Gasteiger partial charge on any atom is 0.108 e. The molecule has 0 aliphatic carbocycles. The Morgan fingerprint density at radius 1 is 1.05 bits per heavy atom. The summed E-state index contributed by atoms with van der Waals surface area (Å²) in [6.45, 7) is 1.98. The van der Waals surface area contributed by atoms with Crippen molar-refractivity contribution >= 4 is 11.6 Å². The summed E-state index contributed by atoms with van der Waals surface area (Å²) in [6, 6.07) is 18.3. The lowest BCUT2D eigenvalue weighted by atomic mass is 10.0. The van der Waals surface area contributed by atoms with Crippen LogP contribution in [-0.4, -0.2) is 31.1 Å². The standard InChI is InChI=1S/C17H18ClNO/c1-19-11-16(12-19)20-17(13-6-3-2-4-7-13)14-8-5-9-15(18)10-14/h2-10,16-17H,11-12H2,1H3. The van der Waals surface area contributed by atoms with Crippen LogP contribution in [-0.2, 0) is 4.74 Å². The Balaban J connectivity index is 1.87. The number of hydrogen-bond acceptors (Lipinski definition) is 2. The van der Waals surface area contributed by atoms with E-state index < -0.39 is 0 Å². The van der Waals surface area contributed by atoms with Crippen LogP contribution in [0.3, 0.4) is 0 Å². The van der Waals surface area contributed by atoms with E-state index in [-0.39, 0.29) is 6.10 Å². The Morgan fingerprint density at radius 3 is 2.40 bits per heavy atom. The molecule has 0 N–H and O–H groups in total. The maximum absolute atomic E-state index is 6.28. The van der Waals surface area contributed by atoms with Crippen molar-refractivity contribution in [3.63, 3.8) is 0 Å². The van der Waals surface area contributed by atoms with Gasteiger partial charge < -0.3 is 9.64 Å². The minimum absolute atomic E-state index is 0.0476. The molecule has 0 radical (unpaired) electrons. The predicted octanol–water partition coefficient (Wildman–Crippen LogP) is 3.76. The lowest BCUT2D eigenvalue weighted by Gasteiger charge is -2.38. The maximum atomic E-state index is 6.28. The molecule has 0 aromatic heterocycles. The van der Waals surface area contributed by atoms with Crippen LogP contribution in [0.15, 0.2) is 54.6 Å². The van der Waals surface area contributed by atoms with Crippen LogP contribution in [0.25, 0.3) is 0 Å². The largest absolute Gasteiger partial charge is 0.363 e. The Hall–Kier alpha value is -1.35. The first-order valence-corrected chi connectivity index (χ1v) is 7.24. The minimum Gasteiger partial charge on any atom is -0.363 e. The van der Waals surface area contributed by atoms with E-state index in [4.69, 9.17) is 16.3 Å². The zero-order valence-corrected chi connectivity index (χ0v) is 12.3. The molecule has 0 spiro atoms. The third kappa shape index (κ3) is 3.04. The highest BCUT2D eigenvalue weighted by Gasteiger charge is 2.28. The fraction of sp³-hybridized carbons (Fsp3) is 0.294. The molecule has 2 aromatic rings. The van der Waals surface area contributed by atoms with E-state index >= 15 is 0 Å². The van der Waals surface area contributed by atoms with Crippen molar-refractivity contribution in [2.75, 3.05) is 20.1 Å². The van der Waals surface area contributed by atoms with Gasteiger partial charge in [0.2, 0.25) is 0 Å². The van der Waals surface area contributed by atoms with Crippen molar-refractivity contribution in [3.05, 3.63) is 70.7 Å². The van der Waals surface area contributed by atoms with Gasteiger partial charge in [0, 0.05) is 18.1 Å². The fourth-order valence-electron chi connectivity index (χ4n) is 2.57. The van der Waals surface area contributed by atoms with Crippen LogP contribution in [0.5, 0.6) is 0 Å². The number of nitrogens with zero attached hydrogens (tertiary/aromatic N) is 1. The van der Waals surface area contributed by atoms with E-state index in [9.17, 15) is 0 Å². The van der Waals surface area contributed by atoms with Gasteiger partial charge in [0.25, 0.3) is 0 Å². The van der Waals surface area contributed by atoms with Crippen molar-refractivity contribution in [2.24, 2.45) is 0 Å². The van der Waals surface area contributed by atoms with Gasteiger partial charge in [-0.05, 0) is 30.3 Å². The Bertz CT molecular complexity index is 566. The Kier molecular flexibility index (Phi) is 4.06. The number of halogens is 1. The monoisotopic (exact) mass is 287 g/mol. The van der Waals surface area contributed by atoms with E-state index in [0.29, 0.717) is 6.10 Å². The zero-order valence-electron chi connectivity index (χ0n) is 11.5. The summed E-state index contributed by atoms with van der Waals surface area (Å²) in [5.41, 5.74) is 2.28. The van der Waals surface area contributed by atoms with E-state index in [0.717, 1.165) is 23.7 Å². The number of likely N-dealkylation sites (tertiary alicyclic amines) is 1. The molecule has 1 aliphatic rings. The van der Waals surface area contributed by atoms with Gasteiger partial charge in [0.15, 0.2) is 0 Å². The number of ether oxygens (including phenoxy) is 1. The molecule has 3 rings (SSSR count). The number of rotatable bonds is 4. The molecule has 0 amide bonds. The lowest BCUT2D eigenvalue weighted by Crippen LogP contribution is -2.50. The number of hydrogen-bond donors (Lipinski definition) is 0. The van der Waals surface area contributed by atoms with Crippen LogP contribution in [0, 0.1) is 0 Å². The second kappa shape index (κ2) is 5.96. The lowest BCUT2D eigenvalue weighted by molar-refractivity contribution is -0.0717. The Morgan fingerprint density at radius 2 is 1.75 bits per heavy atom. The highest BCUT2D eigenvalue weighted by atomic mass is 35.5. The summed E-state index contributed by atoms with van der Waals surface area (Å²) < 4.78 is 6.28. The minimum atomic E-state index is -0.0476. The van der Waals surface area contributed by atoms with Crippen LogP contribution in [0.2, 0.25) is 5.02 Å². The molecule has 0 bridgehead atoms. The van der Waals surface area contributed by atoms with E-state index in [1.807, 2.05) is 36.4 Å². The normalized spacial score (nSPS) is 17.7. The van der Waals surface area contributed by atoms with Crippen molar-refractivity contribution < 1.29 is 4.74 Å². The van der Waals surface area contributed by atoms with Crippen LogP contribution in [0.4, 0.5) is 0 Å². The third-order valence-electron chi connectivity index (χ3n) is 3.61. The quantitative estimate of drug-likeness (QED) is 0.849. The molecule has 2 nitrogen and oxygen atoms in total. The van der Waals surface area contributed by atoms with Crippen molar-refractivity contribution in [2.45, 2.75) is 12.2 Å². The highest BCUT2D eigenvalue weighted by molar-refractivity contribution is 6.30. The molecule has 0 saturated carbocycles. The Labute approximate surface area is 124 Å². The molecule has 3 heteroatoms. The molecular formula is C17H18ClNO. The van der Waals surface area contributed by atoms with Gasteiger partial charge in [-0.3, -0.25) is 0 Å². The van der Waals surface area contributed by atoms with Gasteiger partial charge >= 0.3 is 0 Å². The molecule has 1 aliphatic heterocycles. The van der Waals surface area contributed by atoms with E-state index in [2.05, 4.69) is 30.1 Å². The highest BCUT2D eigenvalue weighted by Crippen LogP contribution is 2.30. The van der Waals surface area contributed by atoms with Gasteiger partial charge in [-0.15, -0.1) is 0 Å². The first kappa shape index (κ1) is 13.6. The van der Waals surface area contributed by atoms with Gasteiger partial charge in [-0.25, -0.2) is 0 Å². The van der Waals surface area contributed by atoms with E-state index in [1.54, 1.807) is 0 Å². The summed E-state index contributed by atoms with van der Waals surface area (Å²) in [5.74, 6) is 0. The summed E-state index contributed by atoms with van der Waals surface area (Å²) >= 11 is 6.12. The number of likely N-dealkylation sites (N-methyl/N-ethyl adjacent to an activating group) is 1. The smallest absolute Gasteiger partial charge is 0.108 e. The molecule has 104 valence electrons. The summed E-state index contributed by atoms with van der Waals surface area (Å²) in [5, 5.41) is 0.748. The average Bonchev–Trinajstić information content (AvgIpc) is 2.43. The second-order valence-electron chi connectivity index (χ2n) is 5.33. The average molecular weight is 288 g/mol. The molecule has 1 atom stereocenters. The van der Waals surface area contributed by atoms with Gasteiger partial charge in [0.1, 0.15) is 6.10 Å². The summed E-state index contributed by atoms with van der Waals surface area (Å²) in [4.78, 5) is 2.25. The molecule has 1 fully saturated rings. The van der Waals surface area contributed by atoms with Crippen molar-refractivity contribution in [3.8, 4) is 0 Å². The summed E-state index contributed by atoms with van der Waals surface area (Å²) in [7, 11) is 2.11. The van der Waals surface area contributed by atoms with Crippen molar-refractivity contribution in [1.29, 1.82) is 0 Å².